The molecule has 2 rings (SSSR count). The molecular weight excluding hydrogens is 250 g/mol. The second kappa shape index (κ2) is 6.04. The highest BCUT2D eigenvalue weighted by Crippen LogP contribution is 2.21. The number of hydrogen-bond acceptors (Lipinski definition) is 2. The number of carbonyl (C=O) groups excluding carboxylic acids is 1. The Hall–Kier alpha value is -2.30. The predicted octanol–water partition coefficient (Wildman–Crippen LogP) is 2.47. The van der Waals surface area contributed by atoms with Gasteiger partial charge >= 0.3 is 0 Å². The fourth-order valence-electron chi connectivity index (χ4n) is 1.68. The van der Waals surface area contributed by atoms with E-state index in [1.54, 1.807) is 36.7 Å². The average Bonchev–Trinajstić information content (AvgIpc) is 2.47. The van der Waals surface area contributed by atoms with Crippen LogP contribution in [-0.2, 0) is 11.3 Å². The highest BCUT2D eigenvalue weighted by atomic mass is 19.1. The van der Waals surface area contributed by atoms with Crippen LogP contribution < -0.4 is 5.32 Å². The lowest BCUT2D eigenvalue weighted by molar-refractivity contribution is -0.122. The third-order valence-corrected chi connectivity index (χ3v) is 2.66. The minimum atomic E-state index is -1.11. The molecular formula is C14H12F2N2O. The Morgan fingerprint density at radius 1 is 1.16 bits per heavy atom. The Kier molecular flexibility index (Phi) is 4.18. The van der Waals surface area contributed by atoms with Gasteiger partial charge in [0.1, 0.15) is 5.82 Å². The van der Waals surface area contributed by atoms with Crippen LogP contribution in [-0.4, -0.2) is 17.6 Å². The first-order valence-corrected chi connectivity index (χ1v) is 5.72. The number of pyridine rings is 1. The summed E-state index contributed by atoms with van der Waals surface area (Å²) in [6.07, 6.45) is 3.28. The van der Waals surface area contributed by atoms with Crippen molar-refractivity contribution in [2.45, 2.75) is 6.54 Å². The summed E-state index contributed by atoms with van der Waals surface area (Å²) in [5.74, 6) is -1.19. The fourth-order valence-corrected chi connectivity index (χ4v) is 1.68. The third kappa shape index (κ3) is 3.34. The van der Waals surface area contributed by atoms with E-state index in [9.17, 15) is 13.6 Å². The Bertz CT molecular complexity index is 573. The van der Waals surface area contributed by atoms with Crippen molar-refractivity contribution in [3.05, 3.63) is 54.1 Å². The minimum Gasteiger partial charge on any atom is -0.350 e. The van der Waals surface area contributed by atoms with Gasteiger partial charge in [0.15, 0.2) is 6.67 Å². The minimum absolute atomic E-state index is 0.0342. The molecule has 19 heavy (non-hydrogen) atoms. The predicted molar refractivity (Wildman–Crippen MR) is 67.5 cm³/mol. The number of halogens is 2. The molecule has 0 aliphatic carbocycles. The van der Waals surface area contributed by atoms with Crippen molar-refractivity contribution in [3.8, 4) is 11.1 Å². The summed E-state index contributed by atoms with van der Waals surface area (Å²) in [4.78, 5) is 14.7. The highest BCUT2D eigenvalue weighted by molar-refractivity contribution is 5.77. The number of benzene rings is 1. The molecule has 2 aromatic rings. The average molecular weight is 262 g/mol. The Balaban J connectivity index is 2.22. The van der Waals surface area contributed by atoms with Crippen LogP contribution in [0.5, 0.6) is 0 Å². The first kappa shape index (κ1) is 13.1. The molecule has 98 valence electrons. The summed E-state index contributed by atoms with van der Waals surface area (Å²) in [7, 11) is 0. The van der Waals surface area contributed by atoms with Crippen LogP contribution in [0.2, 0.25) is 0 Å². The SMILES string of the molecule is O=C(CF)NCc1cc(-c2ccncc2)ccc1F. The van der Waals surface area contributed by atoms with Crippen molar-refractivity contribution in [3.63, 3.8) is 0 Å². The van der Waals surface area contributed by atoms with Gasteiger partial charge in [-0.15, -0.1) is 0 Å². The van der Waals surface area contributed by atoms with Crippen molar-refractivity contribution in [1.82, 2.24) is 10.3 Å². The molecule has 1 aromatic heterocycles. The molecule has 0 saturated heterocycles. The van der Waals surface area contributed by atoms with Gasteiger partial charge in [-0.1, -0.05) is 6.07 Å². The molecule has 0 radical (unpaired) electrons. The first-order chi connectivity index (χ1) is 9.20. The Morgan fingerprint density at radius 2 is 1.89 bits per heavy atom. The molecule has 1 aromatic carbocycles. The van der Waals surface area contributed by atoms with E-state index in [1.165, 1.54) is 6.07 Å². The lowest BCUT2D eigenvalue weighted by Crippen LogP contribution is -2.24. The number of alkyl halides is 1. The first-order valence-electron chi connectivity index (χ1n) is 5.72. The summed E-state index contributed by atoms with van der Waals surface area (Å²) >= 11 is 0. The van der Waals surface area contributed by atoms with Crippen molar-refractivity contribution in [1.29, 1.82) is 0 Å². The zero-order valence-electron chi connectivity index (χ0n) is 10.1. The molecule has 1 N–H and O–H groups in total. The number of carbonyl (C=O) groups is 1. The molecule has 3 nitrogen and oxygen atoms in total. The lowest BCUT2D eigenvalue weighted by Gasteiger charge is -2.08. The Labute approximate surface area is 109 Å². The number of aromatic nitrogens is 1. The van der Waals surface area contributed by atoms with Crippen LogP contribution >= 0.6 is 0 Å². The van der Waals surface area contributed by atoms with E-state index in [1.807, 2.05) is 0 Å². The quantitative estimate of drug-likeness (QED) is 0.919. The molecule has 0 atom stereocenters. The van der Waals surface area contributed by atoms with Crippen LogP contribution in [0.4, 0.5) is 8.78 Å². The van der Waals surface area contributed by atoms with Gasteiger partial charge in [0.2, 0.25) is 0 Å². The van der Waals surface area contributed by atoms with E-state index in [4.69, 9.17) is 0 Å². The standard InChI is InChI=1S/C14H12F2N2O/c15-8-14(19)18-9-12-7-11(1-2-13(12)16)10-3-5-17-6-4-10/h1-7H,8-9H2,(H,18,19). The molecule has 5 heteroatoms. The zero-order valence-corrected chi connectivity index (χ0v) is 10.1. The summed E-state index contributed by atoms with van der Waals surface area (Å²) in [5.41, 5.74) is 2.03. The van der Waals surface area contributed by atoms with E-state index < -0.39 is 18.4 Å². The number of nitrogens with one attached hydrogen (secondary N) is 1. The van der Waals surface area contributed by atoms with E-state index >= 15 is 0 Å². The van der Waals surface area contributed by atoms with Crippen molar-refractivity contribution in [2.24, 2.45) is 0 Å². The van der Waals surface area contributed by atoms with Crippen molar-refractivity contribution in [2.75, 3.05) is 6.67 Å². The van der Waals surface area contributed by atoms with Crippen molar-refractivity contribution >= 4 is 5.91 Å². The maximum atomic E-state index is 13.6. The lowest BCUT2D eigenvalue weighted by atomic mass is 10.0. The molecule has 1 amide bonds. The molecule has 0 spiro atoms. The van der Waals surface area contributed by atoms with Crippen LogP contribution in [0.1, 0.15) is 5.56 Å². The monoisotopic (exact) mass is 262 g/mol. The summed E-state index contributed by atoms with van der Waals surface area (Å²) in [6, 6.07) is 8.20. The van der Waals surface area contributed by atoms with E-state index in [2.05, 4.69) is 10.3 Å². The smallest absolute Gasteiger partial charge is 0.251 e. The van der Waals surface area contributed by atoms with Crippen LogP contribution in [0, 0.1) is 5.82 Å². The number of nitrogens with zero attached hydrogens (tertiary/aromatic N) is 1. The van der Waals surface area contributed by atoms with E-state index in [0.29, 0.717) is 5.56 Å². The molecule has 1 heterocycles. The largest absolute Gasteiger partial charge is 0.350 e. The number of rotatable bonds is 4. The zero-order chi connectivity index (χ0) is 13.7. The van der Waals surface area contributed by atoms with E-state index in [0.717, 1.165) is 11.1 Å². The fraction of sp³-hybridized carbons (Fsp3) is 0.143. The maximum absolute atomic E-state index is 13.6. The summed E-state index contributed by atoms with van der Waals surface area (Å²) < 4.78 is 25.6. The van der Waals surface area contributed by atoms with Gasteiger partial charge in [-0.05, 0) is 35.4 Å². The van der Waals surface area contributed by atoms with Gasteiger partial charge in [-0.3, -0.25) is 9.78 Å². The van der Waals surface area contributed by atoms with Crippen LogP contribution in [0.3, 0.4) is 0 Å². The Morgan fingerprint density at radius 3 is 2.58 bits per heavy atom. The summed E-state index contributed by atoms with van der Waals surface area (Å²) in [5, 5.41) is 2.30. The van der Waals surface area contributed by atoms with Gasteiger partial charge in [0.05, 0.1) is 0 Å². The molecule has 0 aliphatic rings. The van der Waals surface area contributed by atoms with Gasteiger partial charge in [-0.2, -0.15) is 0 Å². The third-order valence-electron chi connectivity index (χ3n) is 2.66. The van der Waals surface area contributed by atoms with Gasteiger partial charge < -0.3 is 5.32 Å². The molecule has 0 fully saturated rings. The van der Waals surface area contributed by atoms with Crippen LogP contribution in [0.15, 0.2) is 42.7 Å². The second-order valence-electron chi connectivity index (χ2n) is 3.95. The summed E-state index contributed by atoms with van der Waals surface area (Å²) in [6.45, 7) is -1.14. The van der Waals surface area contributed by atoms with Crippen LogP contribution in [0.25, 0.3) is 11.1 Å². The normalized spacial score (nSPS) is 10.2. The molecule has 0 unspecified atom stereocenters. The topological polar surface area (TPSA) is 42.0 Å². The van der Waals surface area contributed by atoms with Gasteiger partial charge in [0.25, 0.3) is 5.91 Å². The highest BCUT2D eigenvalue weighted by Gasteiger charge is 2.07. The molecule has 0 saturated carbocycles. The van der Waals surface area contributed by atoms with Crippen molar-refractivity contribution < 1.29 is 13.6 Å². The second-order valence-corrected chi connectivity index (χ2v) is 3.95. The molecule has 0 aliphatic heterocycles. The number of amides is 1. The van der Waals surface area contributed by atoms with Gasteiger partial charge in [-0.25, -0.2) is 8.78 Å². The van der Waals surface area contributed by atoms with Gasteiger partial charge in [0, 0.05) is 24.5 Å². The number of hydrogen-bond donors (Lipinski definition) is 1. The molecule has 0 bridgehead atoms. The van der Waals surface area contributed by atoms with E-state index in [-0.39, 0.29) is 6.54 Å². The maximum Gasteiger partial charge on any atom is 0.251 e.